The van der Waals surface area contributed by atoms with E-state index in [4.69, 9.17) is 16.3 Å². The molecule has 0 bridgehead atoms. The first-order valence-corrected chi connectivity index (χ1v) is 7.05. The number of aromatic nitrogens is 1. The SMILES string of the molecule is Cc1ccccc1OCCSc1ccc(Cl)cn1. The summed E-state index contributed by atoms with van der Waals surface area (Å²) in [6.45, 7) is 2.71. The third-order valence-corrected chi connectivity index (χ3v) is 3.52. The van der Waals surface area contributed by atoms with Gasteiger partial charge in [-0.15, -0.1) is 11.8 Å². The molecule has 2 rings (SSSR count). The second kappa shape index (κ2) is 6.66. The van der Waals surface area contributed by atoms with Crippen LogP contribution in [0.4, 0.5) is 0 Å². The Bertz CT molecular complexity index is 501. The molecule has 0 radical (unpaired) electrons. The van der Waals surface area contributed by atoms with Crippen LogP contribution in [-0.4, -0.2) is 17.3 Å². The minimum absolute atomic E-state index is 0.663. The lowest BCUT2D eigenvalue weighted by Gasteiger charge is -2.08. The number of hydrogen-bond donors (Lipinski definition) is 0. The first kappa shape index (κ1) is 13.2. The second-order valence-electron chi connectivity index (χ2n) is 3.78. The molecule has 0 aliphatic rings. The van der Waals surface area contributed by atoms with E-state index in [1.54, 1.807) is 18.0 Å². The Kier molecular flexibility index (Phi) is 4.90. The van der Waals surface area contributed by atoms with Gasteiger partial charge in [0.15, 0.2) is 0 Å². The molecule has 0 amide bonds. The van der Waals surface area contributed by atoms with Crippen molar-refractivity contribution in [2.24, 2.45) is 0 Å². The lowest BCUT2D eigenvalue weighted by molar-refractivity contribution is 0.341. The number of ether oxygens (including phenoxy) is 1. The lowest BCUT2D eigenvalue weighted by Crippen LogP contribution is -2.01. The van der Waals surface area contributed by atoms with Crippen LogP contribution in [0.1, 0.15) is 5.56 Å². The largest absolute Gasteiger partial charge is 0.492 e. The van der Waals surface area contributed by atoms with Crippen LogP contribution in [0, 0.1) is 6.92 Å². The Morgan fingerprint density at radius 3 is 2.78 bits per heavy atom. The summed E-state index contributed by atoms with van der Waals surface area (Å²) in [4.78, 5) is 4.22. The molecule has 1 heterocycles. The second-order valence-corrected chi connectivity index (χ2v) is 5.33. The minimum Gasteiger partial charge on any atom is -0.492 e. The molecule has 0 spiro atoms. The van der Waals surface area contributed by atoms with Gasteiger partial charge in [-0.25, -0.2) is 4.98 Å². The fraction of sp³-hybridized carbons (Fsp3) is 0.214. The van der Waals surface area contributed by atoms with Crippen molar-refractivity contribution in [2.45, 2.75) is 11.9 Å². The molecule has 94 valence electrons. The van der Waals surface area contributed by atoms with Gasteiger partial charge in [-0.05, 0) is 30.7 Å². The molecule has 1 aromatic heterocycles. The van der Waals surface area contributed by atoms with Gasteiger partial charge in [-0.2, -0.15) is 0 Å². The van der Waals surface area contributed by atoms with E-state index in [9.17, 15) is 0 Å². The van der Waals surface area contributed by atoms with Crippen molar-refractivity contribution in [1.29, 1.82) is 0 Å². The Morgan fingerprint density at radius 1 is 1.22 bits per heavy atom. The van der Waals surface area contributed by atoms with Gasteiger partial charge in [0.25, 0.3) is 0 Å². The predicted octanol–water partition coefficient (Wildman–Crippen LogP) is 4.21. The van der Waals surface area contributed by atoms with E-state index in [-0.39, 0.29) is 0 Å². The number of pyridine rings is 1. The van der Waals surface area contributed by atoms with E-state index in [0.717, 1.165) is 22.1 Å². The van der Waals surface area contributed by atoms with Crippen LogP contribution in [0.3, 0.4) is 0 Å². The van der Waals surface area contributed by atoms with E-state index in [1.165, 1.54) is 0 Å². The zero-order chi connectivity index (χ0) is 12.8. The third-order valence-electron chi connectivity index (χ3n) is 2.38. The maximum absolute atomic E-state index is 5.77. The topological polar surface area (TPSA) is 22.1 Å². The number of para-hydroxylation sites is 1. The number of halogens is 1. The Labute approximate surface area is 116 Å². The van der Waals surface area contributed by atoms with Crippen LogP contribution < -0.4 is 4.74 Å². The molecule has 0 unspecified atom stereocenters. The van der Waals surface area contributed by atoms with Crippen LogP contribution in [0.25, 0.3) is 0 Å². The highest BCUT2D eigenvalue weighted by atomic mass is 35.5. The Hall–Kier alpha value is -1.19. The molecule has 0 N–H and O–H groups in total. The molecule has 0 fully saturated rings. The number of aryl methyl sites for hydroxylation is 1. The Morgan fingerprint density at radius 2 is 2.06 bits per heavy atom. The summed E-state index contributed by atoms with van der Waals surface area (Å²) in [5, 5.41) is 1.63. The summed E-state index contributed by atoms with van der Waals surface area (Å²) in [6.07, 6.45) is 1.66. The minimum atomic E-state index is 0.663. The van der Waals surface area contributed by atoms with Crippen LogP contribution in [0.2, 0.25) is 5.02 Å². The molecule has 18 heavy (non-hydrogen) atoms. The van der Waals surface area contributed by atoms with Crippen molar-refractivity contribution in [3.8, 4) is 5.75 Å². The van der Waals surface area contributed by atoms with Crippen LogP contribution in [-0.2, 0) is 0 Å². The molecular weight excluding hydrogens is 266 g/mol. The summed E-state index contributed by atoms with van der Waals surface area (Å²) in [5.41, 5.74) is 1.16. The molecule has 0 aliphatic heterocycles. The third kappa shape index (κ3) is 3.93. The van der Waals surface area contributed by atoms with Crippen molar-refractivity contribution in [2.75, 3.05) is 12.4 Å². The standard InChI is InChI=1S/C14H14ClNOS/c1-11-4-2-3-5-13(11)17-8-9-18-14-7-6-12(15)10-16-14/h2-7,10H,8-9H2,1H3. The summed E-state index contributed by atoms with van der Waals surface area (Å²) in [7, 11) is 0. The van der Waals surface area contributed by atoms with Crippen molar-refractivity contribution in [1.82, 2.24) is 4.98 Å². The first-order chi connectivity index (χ1) is 8.75. The van der Waals surface area contributed by atoms with E-state index in [2.05, 4.69) is 4.98 Å². The zero-order valence-corrected chi connectivity index (χ0v) is 11.7. The number of nitrogens with zero attached hydrogens (tertiary/aromatic N) is 1. The van der Waals surface area contributed by atoms with Gasteiger partial charge in [-0.3, -0.25) is 0 Å². The summed E-state index contributed by atoms with van der Waals surface area (Å²) in [6, 6.07) is 11.8. The first-order valence-electron chi connectivity index (χ1n) is 5.68. The van der Waals surface area contributed by atoms with Crippen LogP contribution >= 0.6 is 23.4 Å². The maximum Gasteiger partial charge on any atom is 0.122 e. The normalized spacial score (nSPS) is 10.3. The quantitative estimate of drug-likeness (QED) is 0.604. The van der Waals surface area contributed by atoms with E-state index in [1.807, 2.05) is 43.3 Å². The van der Waals surface area contributed by atoms with Crippen LogP contribution in [0.15, 0.2) is 47.6 Å². The van der Waals surface area contributed by atoms with Crippen molar-refractivity contribution in [3.05, 3.63) is 53.2 Å². The van der Waals surface area contributed by atoms with Gasteiger partial charge in [0.2, 0.25) is 0 Å². The van der Waals surface area contributed by atoms with Gasteiger partial charge >= 0.3 is 0 Å². The fourth-order valence-electron chi connectivity index (χ4n) is 1.46. The lowest BCUT2D eigenvalue weighted by atomic mass is 10.2. The molecule has 0 saturated carbocycles. The fourth-order valence-corrected chi connectivity index (χ4v) is 2.24. The number of hydrogen-bond acceptors (Lipinski definition) is 3. The summed E-state index contributed by atoms with van der Waals surface area (Å²) in [5.74, 6) is 1.81. The average molecular weight is 280 g/mol. The summed E-state index contributed by atoms with van der Waals surface area (Å²) >= 11 is 7.43. The highest BCUT2D eigenvalue weighted by Gasteiger charge is 1.99. The van der Waals surface area contributed by atoms with E-state index < -0.39 is 0 Å². The highest BCUT2D eigenvalue weighted by molar-refractivity contribution is 7.99. The van der Waals surface area contributed by atoms with Crippen LogP contribution in [0.5, 0.6) is 5.75 Å². The van der Waals surface area contributed by atoms with Gasteiger partial charge in [0.1, 0.15) is 5.75 Å². The van der Waals surface area contributed by atoms with Crippen molar-refractivity contribution in [3.63, 3.8) is 0 Å². The van der Waals surface area contributed by atoms with Gasteiger partial charge in [-0.1, -0.05) is 29.8 Å². The highest BCUT2D eigenvalue weighted by Crippen LogP contribution is 2.19. The number of rotatable bonds is 5. The molecule has 0 atom stereocenters. The molecule has 1 aromatic carbocycles. The van der Waals surface area contributed by atoms with E-state index >= 15 is 0 Å². The molecule has 0 saturated heterocycles. The maximum atomic E-state index is 5.77. The smallest absolute Gasteiger partial charge is 0.122 e. The van der Waals surface area contributed by atoms with Crippen molar-refractivity contribution >= 4 is 23.4 Å². The monoisotopic (exact) mass is 279 g/mol. The number of benzene rings is 1. The molecule has 2 aromatic rings. The van der Waals surface area contributed by atoms with Gasteiger partial charge in [0, 0.05) is 11.9 Å². The molecule has 0 aliphatic carbocycles. The molecular formula is C14H14ClNOS. The van der Waals surface area contributed by atoms with Gasteiger partial charge in [0.05, 0.1) is 16.7 Å². The predicted molar refractivity (Wildman–Crippen MR) is 76.6 cm³/mol. The summed E-state index contributed by atoms with van der Waals surface area (Å²) < 4.78 is 5.71. The molecule has 4 heteroatoms. The Balaban J connectivity index is 1.76. The molecule has 2 nitrogen and oxygen atoms in total. The average Bonchev–Trinajstić information content (AvgIpc) is 2.39. The van der Waals surface area contributed by atoms with E-state index in [0.29, 0.717) is 11.6 Å². The van der Waals surface area contributed by atoms with Crippen molar-refractivity contribution < 1.29 is 4.74 Å². The zero-order valence-electron chi connectivity index (χ0n) is 10.1. The number of thioether (sulfide) groups is 1. The van der Waals surface area contributed by atoms with Gasteiger partial charge < -0.3 is 4.74 Å².